The van der Waals surface area contributed by atoms with Gasteiger partial charge in [0.1, 0.15) is 0 Å². The second-order valence-corrected chi connectivity index (χ2v) is 3.43. The van der Waals surface area contributed by atoms with E-state index in [1.54, 1.807) is 0 Å². The summed E-state index contributed by atoms with van der Waals surface area (Å²) in [6.07, 6.45) is 0. The maximum atomic E-state index is 11.0. The van der Waals surface area contributed by atoms with Gasteiger partial charge in [-0.25, -0.2) is 0 Å². The molecule has 19 heavy (non-hydrogen) atoms. The largest absolute Gasteiger partial charge is 0.559 e. The van der Waals surface area contributed by atoms with Crippen molar-refractivity contribution in [1.82, 2.24) is 14.9 Å². The highest BCUT2D eigenvalue weighted by Gasteiger charge is 2.44. The van der Waals surface area contributed by atoms with Crippen LogP contribution in [0.4, 0.5) is 17.1 Å². The zero-order valence-electron chi connectivity index (χ0n) is 8.85. The van der Waals surface area contributed by atoms with Crippen molar-refractivity contribution in [1.29, 1.82) is 0 Å². The molecular weight excluding hydrogens is 274 g/mol. The van der Waals surface area contributed by atoms with E-state index in [0.717, 1.165) is 0 Å². The highest BCUT2D eigenvalue weighted by atomic mass is 17.1. The topological polar surface area (TPSA) is 211 Å². The molecule has 1 aromatic carbocycles. The van der Waals surface area contributed by atoms with Gasteiger partial charge in [-0.15, -0.1) is 0 Å². The molecule has 0 aromatic heterocycles. The maximum Gasteiger partial charge on any atom is 0.339 e. The molecule has 13 heteroatoms. The Morgan fingerprint density at radius 2 is 1.11 bits per heavy atom. The first-order valence-corrected chi connectivity index (χ1v) is 4.30. The summed E-state index contributed by atoms with van der Waals surface area (Å²) in [5, 5.41) is 94.5. The lowest BCUT2D eigenvalue weighted by atomic mass is 10.2. The lowest BCUT2D eigenvalue weighted by Crippen LogP contribution is -2.44. The summed E-state index contributed by atoms with van der Waals surface area (Å²) in [5.74, 6) is -1.33. The first-order chi connectivity index (χ1) is 8.26. The summed E-state index contributed by atoms with van der Waals surface area (Å²) < 4.78 is 0. The summed E-state index contributed by atoms with van der Waals surface area (Å²) in [4.78, 5) is -10.5. The lowest BCUT2D eigenvalue weighted by molar-refractivity contribution is -0.278. The summed E-state index contributed by atoms with van der Waals surface area (Å²) in [6, 6.07) is 0.757. The molecule has 0 bridgehead atoms. The van der Waals surface area contributed by atoms with Crippen LogP contribution < -0.4 is 14.9 Å². The van der Waals surface area contributed by atoms with E-state index in [2.05, 4.69) is 0 Å². The van der Waals surface area contributed by atoms with Crippen LogP contribution in [0.1, 0.15) is 0 Å². The van der Waals surface area contributed by atoms with Gasteiger partial charge < -0.3 is 20.7 Å². The van der Waals surface area contributed by atoms with Crippen LogP contribution >= 0.6 is 0 Å². The highest BCUT2D eigenvalue weighted by molar-refractivity contribution is 5.82. The Morgan fingerprint density at radius 3 is 1.42 bits per heavy atom. The second-order valence-electron chi connectivity index (χ2n) is 3.43. The normalized spacial score (nSPS) is 13.7. The second kappa shape index (κ2) is 4.28. The summed E-state index contributed by atoms with van der Waals surface area (Å²) in [7, 11) is 0. The average Bonchev–Trinajstić information content (AvgIpc) is 2.11. The zero-order valence-corrected chi connectivity index (χ0v) is 8.85. The lowest BCUT2D eigenvalue weighted by Gasteiger charge is -2.32. The van der Waals surface area contributed by atoms with Crippen molar-refractivity contribution in [2.45, 2.75) is 0 Å². The summed E-state index contributed by atoms with van der Waals surface area (Å²) in [5.41, 5.74) is -5.23. The third kappa shape index (κ3) is 3.11. The van der Waals surface area contributed by atoms with Crippen LogP contribution in [0.5, 0.6) is 5.75 Å². The van der Waals surface area contributed by atoms with Crippen LogP contribution in [0.3, 0.4) is 0 Å². The van der Waals surface area contributed by atoms with Gasteiger partial charge in [0.15, 0.2) is 5.75 Å². The van der Waals surface area contributed by atoms with Gasteiger partial charge in [0.05, 0.1) is 0 Å². The number of hydrogen-bond acceptors (Lipinski definition) is 10. The molecule has 0 radical (unpaired) electrons. The van der Waals surface area contributed by atoms with Crippen molar-refractivity contribution in [3.63, 3.8) is 0 Å². The number of nitrogens with zero attached hydrogens (tertiary/aromatic N) is 3. The Bertz CT molecular complexity index is 484. The Morgan fingerprint density at radius 1 is 0.684 bits per heavy atom. The monoisotopic (exact) mass is 283 g/mol. The molecule has 7 N–H and O–H groups in total. The van der Waals surface area contributed by atoms with E-state index in [9.17, 15) is 20.7 Å². The van der Waals surface area contributed by atoms with E-state index in [-0.39, 0.29) is 0 Å². The first-order valence-electron chi connectivity index (χ1n) is 4.30. The van der Waals surface area contributed by atoms with Gasteiger partial charge in [0.2, 0.25) is 0 Å². The Hall–Kier alpha value is -1.46. The van der Waals surface area contributed by atoms with Crippen LogP contribution in [0, 0.1) is 15.6 Å². The van der Waals surface area contributed by atoms with Crippen molar-refractivity contribution in [3.05, 3.63) is 27.8 Å². The minimum atomic E-state index is -3.61. The number of benzene rings is 1. The van der Waals surface area contributed by atoms with Gasteiger partial charge in [-0.1, -0.05) is 0 Å². The molecule has 0 aliphatic carbocycles. The highest BCUT2D eigenvalue weighted by Crippen LogP contribution is 2.47. The minimum Gasteiger partial charge on any atom is -0.559 e. The number of rotatable bonds is 3. The van der Waals surface area contributed by atoms with Gasteiger partial charge >= 0.3 is 11.4 Å². The SMILES string of the molecule is [O-][N+](O)(O)c1ccc(O)c([N+]([O-])(O)O)c1[N+]([O-])(O)O. The first kappa shape index (κ1) is 15.6. The molecule has 1 rings (SSSR count). The predicted octanol–water partition coefficient (Wildman–Crippen LogP) is 0.143. The smallest absolute Gasteiger partial charge is 0.339 e. The van der Waals surface area contributed by atoms with Crippen LogP contribution in [0.2, 0.25) is 0 Å². The molecule has 0 aliphatic rings. The van der Waals surface area contributed by atoms with E-state index >= 15 is 0 Å². The fraction of sp³-hybridized carbons (Fsp3) is 0. The molecule has 0 heterocycles. The van der Waals surface area contributed by atoms with Gasteiger partial charge in [0, 0.05) is 6.07 Å². The van der Waals surface area contributed by atoms with E-state index in [1.165, 1.54) is 0 Å². The van der Waals surface area contributed by atoms with Gasteiger partial charge in [-0.05, 0) is 21.0 Å². The van der Waals surface area contributed by atoms with Crippen molar-refractivity contribution >= 4 is 17.1 Å². The van der Waals surface area contributed by atoms with Crippen molar-refractivity contribution < 1.29 is 36.4 Å². The molecule has 0 saturated heterocycles. The Balaban J connectivity index is 3.82. The quantitative estimate of drug-likeness (QED) is 0.294. The van der Waals surface area contributed by atoms with Gasteiger partial charge in [0.25, 0.3) is 5.69 Å². The average molecular weight is 283 g/mol. The third-order valence-corrected chi connectivity index (χ3v) is 2.01. The number of hydrogen-bond donors (Lipinski definition) is 7. The van der Waals surface area contributed by atoms with Crippen molar-refractivity contribution in [2.75, 3.05) is 0 Å². The molecule has 0 spiro atoms. The summed E-state index contributed by atoms with van der Waals surface area (Å²) in [6.45, 7) is 0. The fourth-order valence-electron chi connectivity index (χ4n) is 1.37. The number of phenolic OH excluding ortho intramolecular Hbond substituents is 1. The van der Waals surface area contributed by atoms with E-state index in [4.69, 9.17) is 31.2 Å². The standard InChI is InChI=1S/C6H9N3O10/c10-4-2-1-3(7(11,12)13)5(8(14,15)16)6(4)9(17,18)19/h1-2,10-12,14-15,17-18H. The molecule has 0 atom stereocenters. The molecule has 1 aromatic rings. The van der Waals surface area contributed by atoms with Crippen molar-refractivity contribution in [3.8, 4) is 5.75 Å². The zero-order chi connectivity index (χ0) is 15.2. The van der Waals surface area contributed by atoms with E-state index < -0.39 is 37.7 Å². The Labute approximate surface area is 103 Å². The predicted molar refractivity (Wildman–Crippen MR) is 54.3 cm³/mol. The van der Waals surface area contributed by atoms with Gasteiger partial charge in [-0.2, -0.15) is 31.2 Å². The molecule has 108 valence electrons. The molecule has 0 unspecified atom stereocenters. The molecular formula is C6H9N3O10. The fourth-order valence-corrected chi connectivity index (χ4v) is 1.37. The van der Waals surface area contributed by atoms with Gasteiger partial charge in [-0.3, -0.25) is 0 Å². The van der Waals surface area contributed by atoms with E-state index in [1.807, 2.05) is 0 Å². The molecule has 0 amide bonds. The summed E-state index contributed by atoms with van der Waals surface area (Å²) >= 11 is 0. The maximum absolute atomic E-state index is 11.0. The Kier molecular flexibility index (Phi) is 3.52. The molecule has 13 nitrogen and oxygen atoms in total. The third-order valence-electron chi connectivity index (χ3n) is 2.01. The van der Waals surface area contributed by atoms with Crippen LogP contribution in [-0.4, -0.2) is 36.4 Å². The molecule has 0 saturated carbocycles. The van der Waals surface area contributed by atoms with Crippen LogP contribution in [0.25, 0.3) is 0 Å². The van der Waals surface area contributed by atoms with Crippen LogP contribution in [0.15, 0.2) is 12.1 Å². The van der Waals surface area contributed by atoms with Crippen molar-refractivity contribution in [2.24, 2.45) is 0 Å². The number of quaternary nitrogens is 3. The van der Waals surface area contributed by atoms with Crippen LogP contribution in [-0.2, 0) is 0 Å². The minimum absolute atomic E-state index is 0.341. The number of aromatic hydroxyl groups is 1. The number of phenols is 1. The molecule has 0 fully saturated rings. The van der Waals surface area contributed by atoms with E-state index in [0.29, 0.717) is 12.1 Å². The molecule has 0 aliphatic heterocycles.